The van der Waals surface area contributed by atoms with Crippen LogP contribution < -0.4 is 0 Å². The third-order valence-electron chi connectivity index (χ3n) is 6.95. The highest BCUT2D eigenvalue weighted by molar-refractivity contribution is 5.69. The molecule has 0 aromatic rings. The van der Waals surface area contributed by atoms with Crippen molar-refractivity contribution in [2.24, 2.45) is 5.92 Å². The number of esters is 1. The lowest BCUT2D eigenvalue weighted by atomic mass is 9.95. The predicted octanol–water partition coefficient (Wildman–Crippen LogP) is 1.21. The zero-order chi connectivity index (χ0) is 20.9. The van der Waals surface area contributed by atoms with Gasteiger partial charge in [0.15, 0.2) is 0 Å². The molecule has 3 rings (SSSR count). The molecule has 0 aliphatic carbocycles. The number of rotatable bonds is 8. The van der Waals surface area contributed by atoms with Crippen LogP contribution in [-0.2, 0) is 14.3 Å². The fraction of sp³-hybridized carbons (Fsp3) is 0.905. The van der Waals surface area contributed by atoms with Crippen LogP contribution in [0.15, 0.2) is 0 Å². The maximum Gasteiger partial charge on any atom is 0.517 e. The SMILES string of the molecule is CCN1CCC(C[N+]2(C)CC(N3CCN(CCCC(=O)OC)CC3)OC2=O)CC1. The first kappa shape index (κ1) is 22.5. The molecule has 0 bridgehead atoms. The van der Waals surface area contributed by atoms with Gasteiger partial charge >= 0.3 is 12.1 Å². The van der Waals surface area contributed by atoms with Gasteiger partial charge in [0, 0.05) is 38.5 Å². The number of piperazine rings is 1. The predicted molar refractivity (Wildman–Crippen MR) is 110 cm³/mol. The molecule has 0 N–H and O–H groups in total. The van der Waals surface area contributed by atoms with E-state index >= 15 is 0 Å². The first-order valence-corrected chi connectivity index (χ1v) is 11.2. The van der Waals surface area contributed by atoms with Crippen molar-refractivity contribution in [3.05, 3.63) is 0 Å². The molecule has 0 radical (unpaired) electrons. The third-order valence-corrected chi connectivity index (χ3v) is 6.95. The van der Waals surface area contributed by atoms with E-state index in [9.17, 15) is 9.59 Å². The number of hydrogen-bond acceptors (Lipinski definition) is 7. The number of hydrogen-bond donors (Lipinski definition) is 0. The Hall–Kier alpha value is -1.22. The van der Waals surface area contributed by atoms with Gasteiger partial charge in [0.25, 0.3) is 0 Å². The van der Waals surface area contributed by atoms with Gasteiger partial charge in [0.1, 0.15) is 6.54 Å². The van der Waals surface area contributed by atoms with Crippen LogP contribution in [0.3, 0.4) is 0 Å². The molecule has 0 aromatic heterocycles. The number of nitrogens with zero attached hydrogens (tertiary/aromatic N) is 4. The molecule has 29 heavy (non-hydrogen) atoms. The second-order valence-corrected chi connectivity index (χ2v) is 9.03. The summed E-state index contributed by atoms with van der Waals surface area (Å²) in [5.41, 5.74) is 0. The molecule has 8 nitrogen and oxygen atoms in total. The van der Waals surface area contributed by atoms with Crippen LogP contribution >= 0.6 is 0 Å². The standard InChI is InChI=1S/C21H39N4O4/c1-4-22-10-7-18(8-11-22)16-25(2)17-19(29-21(25)27)24-14-12-23(13-15-24)9-5-6-20(26)28-3/h18-19H,4-17H2,1-3H3/q+1. The van der Waals surface area contributed by atoms with Gasteiger partial charge in [-0.05, 0) is 45.4 Å². The summed E-state index contributed by atoms with van der Waals surface area (Å²) >= 11 is 0. The highest BCUT2D eigenvalue weighted by atomic mass is 16.6. The van der Waals surface area contributed by atoms with Crippen LogP contribution in [0.5, 0.6) is 0 Å². The maximum absolute atomic E-state index is 12.7. The van der Waals surface area contributed by atoms with E-state index in [4.69, 9.17) is 9.47 Å². The lowest BCUT2D eigenvalue weighted by Gasteiger charge is -2.37. The number of amides is 1. The Morgan fingerprint density at radius 1 is 1.14 bits per heavy atom. The lowest BCUT2D eigenvalue weighted by Crippen LogP contribution is -2.54. The van der Waals surface area contributed by atoms with E-state index in [1.54, 1.807) is 0 Å². The Kier molecular flexibility index (Phi) is 7.90. The Balaban J connectivity index is 1.41. The highest BCUT2D eigenvalue weighted by Gasteiger charge is 2.49. The van der Waals surface area contributed by atoms with Crippen LogP contribution in [0.2, 0.25) is 0 Å². The van der Waals surface area contributed by atoms with Crippen molar-refractivity contribution in [3.63, 3.8) is 0 Å². The zero-order valence-corrected chi connectivity index (χ0v) is 18.5. The van der Waals surface area contributed by atoms with Crippen molar-refractivity contribution in [2.45, 2.75) is 38.8 Å². The fourth-order valence-electron chi connectivity index (χ4n) is 4.92. The van der Waals surface area contributed by atoms with Crippen LogP contribution in [0.1, 0.15) is 32.6 Å². The first-order chi connectivity index (χ1) is 13.9. The summed E-state index contributed by atoms with van der Waals surface area (Å²) in [5, 5.41) is 0. The van der Waals surface area contributed by atoms with Crippen molar-refractivity contribution in [1.29, 1.82) is 0 Å². The highest BCUT2D eigenvalue weighted by Crippen LogP contribution is 2.28. The summed E-state index contributed by atoms with van der Waals surface area (Å²) < 4.78 is 10.9. The summed E-state index contributed by atoms with van der Waals surface area (Å²) in [5.74, 6) is 0.472. The number of likely N-dealkylation sites (tertiary alicyclic amines) is 1. The van der Waals surface area contributed by atoms with Crippen molar-refractivity contribution in [1.82, 2.24) is 14.7 Å². The number of ether oxygens (including phenoxy) is 2. The first-order valence-electron chi connectivity index (χ1n) is 11.2. The van der Waals surface area contributed by atoms with Crippen LogP contribution in [0.25, 0.3) is 0 Å². The number of carbonyl (C=O) groups is 2. The molecule has 3 heterocycles. The molecule has 2 unspecified atom stereocenters. The number of carbonyl (C=O) groups excluding carboxylic acids is 2. The van der Waals surface area contributed by atoms with Crippen molar-refractivity contribution < 1.29 is 23.5 Å². The largest absolute Gasteiger partial charge is 0.517 e. The van der Waals surface area contributed by atoms with Gasteiger partial charge in [-0.15, -0.1) is 0 Å². The molecule has 3 saturated heterocycles. The van der Waals surface area contributed by atoms with E-state index in [-0.39, 0.29) is 18.3 Å². The Labute approximate surface area is 175 Å². The molecule has 0 spiro atoms. The van der Waals surface area contributed by atoms with Gasteiger partial charge < -0.3 is 19.3 Å². The Morgan fingerprint density at radius 2 is 1.83 bits per heavy atom. The monoisotopic (exact) mass is 411 g/mol. The molecular weight excluding hydrogens is 372 g/mol. The molecule has 0 aromatic carbocycles. The van der Waals surface area contributed by atoms with Gasteiger partial charge in [-0.1, -0.05) is 6.92 Å². The molecule has 2 atom stereocenters. The van der Waals surface area contributed by atoms with Gasteiger partial charge in [-0.2, -0.15) is 4.79 Å². The van der Waals surface area contributed by atoms with Crippen molar-refractivity contribution in [3.8, 4) is 0 Å². The van der Waals surface area contributed by atoms with Gasteiger partial charge in [-0.25, -0.2) is 4.48 Å². The van der Waals surface area contributed by atoms with E-state index in [0.29, 0.717) is 16.8 Å². The van der Waals surface area contributed by atoms with Crippen molar-refractivity contribution >= 4 is 12.1 Å². The third kappa shape index (κ3) is 5.90. The molecule has 3 aliphatic rings. The average Bonchev–Trinajstić information content (AvgIpc) is 3.03. The molecule has 3 fully saturated rings. The van der Waals surface area contributed by atoms with E-state index in [1.165, 1.54) is 20.0 Å². The minimum absolute atomic E-state index is 0.0616. The van der Waals surface area contributed by atoms with Gasteiger partial charge in [-0.3, -0.25) is 9.69 Å². The fourth-order valence-corrected chi connectivity index (χ4v) is 4.92. The molecule has 0 saturated carbocycles. The minimum Gasteiger partial charge on any atom is -0.469 e. The normalized spacial score (nSPS) is 30.4. The zero-order valence-electron chi connectivity index (χ0n) is 18.5. The number of quaternary nitrogens is 1. The summed E-state index contributed by atoms with van der Waals surface area (Å²) in [7, 11) is 3.49. The molecule has 166 valence electrons. The minimum atomic E-state index is -0.140. The van der Waals surface area contributed by atoms with Crippen LogP contribution in [0.4, 0.5) is 4.79 Å². The van der Waals surface area contributed by atoms with E-state index in [0.717, 1.165) is 71.9 Å². The summed E-state index contributed by atoms with van der Waals surface area (Å²) in [6.45, 7) is 11.9. The number of piperidine rings is 1. The van der Waals surface area contributed by atoms with Crippen LogP contribution in [0, 0.1) is 5.92 Å². The van der Waals surface area contributed by atoms with Crippen molar-refractivity contribution in [2.75, 3.05) is 79.6 Å². The smallest absolute Gasteiger partial charge is 0.469 e. The van der Waals surface area contributed by atoms with Gasteiger partial charge in [0.2, 0.25) is 6.23 Å². The summed E-state index contributed by atoms with van der Waals surface area (Å²) in [6.07, 6.45) is 3.52. The summed E-state index contributed by atoms with van der Waals surface area (Å²) in [4.78, 5) is 31.1. The maximum atomic E-state index is 12.7. The quantitative estimate of drug-likeness (QED) is 0.439. The number of likely N-dealkylation sites (N-methyl/N-ethyl adjacent to an activating group) is 1. The second kappa shape index (κ2) is 10.2. The molecule has 3 aliphatic heterocycles. The summed E-state index contributed by atoms with van der Waals surface area (Å²) in [6, 6.07) is 0. The number of cyclic esters (lactones) is 1. The van der Waals surface area contributed by atoms with Crippen LogP contribution in [-0.4, -0.2) is 117 Å². The Bertz CT molecular complexity index is 559. The molecule has 1 amide bonds. The van der Waals surface area contributed by atoms with Gasteiger partial charge in [0.05, 0.1) is 20.7 Å². The van der Waals surface area contributed by atoms with E-state index in [2.05, 4.69) is 28.7 Å². The second-order valence-electron chi connectivity index (χ2n) is 9.03. The molecular formula is C21H39N4O4+. The average molecular weight is 412 g/mol. The number of methoxy groups -OCH3 is 1. The lowest BCUT2D eigenvalue weighted by molar-refractivity contribution is -0.828. The molecule has 8 heteroatoms. The van der Waals surface area contributed by atoms with E-state index < -0.39 is 0 Å². The topological polar surface area (TPSA) is 62.3 Å². The van der Waals surface area contributed by atoms with E-state index in [1.807, 2.05) is 0 Å². The Morgan fingerprint density at radius 3 is 2.45 bits per heavy atom.